The Morgan fingerprint density at radius 1 is 1.15 bits per heavy atom. The van der Waals surface area contributed by atoms with Crippen LogP contribution in [0, 0.1) is 17.8 Å². The maximum atomic E-state index is 11.2. The number of aliphatic hydroxyl groups is 2. The first kappa shape index (κ1) is 26.7. The summed E-state index contributed by atoms with van der Waals surface area (Å²) < 4.78 is 17.7. The number of hydrogen-bond donors (Lipinski definition) is 2. The van der Waals surface area contributed by atoms with E-state index >= 15 is 0 Å². The van der Waals surface area contributed by atoms with Gasteiger partial charge < -0.3 is 24.4 Å². The summed E-state index contributed by atoms with van der Waals surface area (Å²) in [6.45, 7) is 11.3. The Hall–Kier alpha value is -1.92. The van der Waals surface area contributed by atoms with E-state index in [0.717, 1.165) is 41.7 Å². The molecule has 1 aromatic rings. The van der Waals surface area contributed by atoms with Crippen molar-refractivity contribution in [1.82, 2.24) is 0 Å². The van der Waals surface area contributed by atoms with Crippen LogP contribution in [0.25, 0.3) is 0 Å². The molecule has 1 unspecified atom stereocenters. The molecule has 0 fully saturated rings. The quantitative estimate of drug-likeness (QED) is 0.510. The van der Waals surface area contributed by atoms with Crippen LogP contribution in [0.15, 0.2) is 60.2 Å². The zero-order chi connectivity index (χ0) is 24.7. The SMILES string of the molecule is C=C1CC/C=C\C[C@H]([C@H](O)COCc2ccc(OC)cc2)O[C@@H]1[C@H]1C(O)C(C)=CC[C@@H]1C(C)C. The average molecular weight is 471 g/mol. The molecular formula is C29H42O5. The third-order valence-electron chi connectivity index (χ3n) is 7.28. The highest BCUT2D eigenvalue weighted by molar-refractivity contribution is 5.26. The summed E-state index contributed by atoms with van der Waals surface area (Å²) in [5.74, 6) is 1.42. The van der Waals surface area contributed by atoms with Gasteiger partial charge in [-0.05, 0) is 73.3 Å². The van der Waals surface area contributed by atoms with E-state index in [1.54, 1.807) is 7.11 Å². The first-order chi connectivity index (χ1) is 16.3. The van der Waals surface area contributed by atoms with E-state index < -0.39 is 18.3 Å². The maximum Gasteiger partial charge on any atom is 0.118 e. The number of rotatable bonds is 8. The number of ether oxygens (including phenoxy) is 3. The number of hydrogen-bond acceptors (Lipinski definition) is 5. The molecule has 0 spiro atoms. The Morgan fingerprint density at radius 2 is 1.88 bits per heavy atom. The monoisotopic (exact) mass is 470 g/mol. The number of benzene rings is 1. The number of allylic oxidation sites excluding steroid dienone is 2. The van der Waals surface area contributed by atoms with Crippen LogP contribution < -0.4 is 4.74 Å². The van der Waals surface area contributed by atoms with Crippen molar-refractivity contribution in [3.63, 3.8) is 0 Å². The van der Waals surface area contributed by atoms with Crippen LogP contribution in [0.1, 0.15) is 52.0 Å². The van der Waals surface area contributed by atoms with E-state index in [2.05, 4.69) is 38.7 Å². The molecule has 5 nitrogen and oxygen atoms in total. The van der Waals surface area contributed by atoms with Gasteiger partial charge in [-0.15, -0.1) is 0 Å². The van der Waals surface area contributed by atoms with Crippen molar-refractivity contribution < 1.29 is 24.4 Å². The van der Waals surface area contributed by atoms with Gasteiger partial charge in [-0.3, -0.25) is 0 Å². The first-order valence-electron chi connectivity index (χ1n) is 12.5. The second kappa shape index (κ2) is 12.7. The minimum Gasteiger partial charge on any atom is -0.497 e. The first-order valence-corrected chi connectivity index (χ1v) is 12.5. The highest BCUT2D eigenvalue weighted by Gasteiger charge is 2.42. The summed E-state index contributed by atoms with van der Waals surface area (Å²) in [6, 6.07) is 7.71. The lowest BCUT2D eigenvalue weighted by molar-refractivity contribution is -0.126. The Balaban J connectivity index is 1.71. The standard InChI is InChI=1S/C29H42O5/c1-19(2)24-16-11-20(3)28(31)27(24)29-21(4)9-7-6-8-10-26(34-29)25(30)18-33-17-22-12-14-23(32-5)15-13-22/h6,8,11-15,19,24-31H,4,7,9-10,16-18H2,1-3,5H3/b8-6-/t24-,25-,26-,27-,28?,29+/m1/s1. The van der Waals surface area contributed by atoms with Crippen molar-refractivity contribution in [2.75, 3.05) is 13.7 Å². The van der Waals surface area contributed by atoms with Crippen LogP contribution in [0.4, 0.5) is 0 Å². The van der Waals surface area contributed by atoms with Crippen molar-refractivity contribution in [1.29, 1.82) is 0 Å². The van der Waals surface area contributed by atoms with E-state index in [9.17, 15) is 10.2 Å². The highest BCUT2D eigenvalue weighted by Crippen LogP contribution is 2.41. The minimum absolute atomic E-state index is 0.0782. The maximum absolute atomic E-state index is 11.2. The molecule has 2 aliphatic rings. The smallest absolute Gasteiger partial charge is 0.118 e. The Bertz CT molecular complexity index is 841. The molecular weight excluding hydrogens is 428 g/mol. The van der Waals surface area contributed by atoms with E-state index in [1.165, 1.54) is 0 Å². The van der Waals surface area contributed by atoms with Crippen LogP contribution >= 0.6 is 0 Å². The lowest BCUT2D eigenvalue weighted by Gasteiger charge is -2.43. The fourth-order valence-corrected chi connectivity index (χ4v) is 5.08. The van der Waals surface area contributed by atoms with Gasteiger partial charge >= 0.3 is 0 Å². The Labute approximate surface area is 205 Å². The molecule has 1 heterocycles. The van der Waals surface area contributed by atoms with Gasteiger partial charge in [0, 0.05) is 5.92 Å². The molecule has 34 heavy (non-hydrogen) atoms. The second-order valence-corrected chi connectivity index (χ2v) is 10.0. The third-order valence-corrected chi connectivity index (χ3v) is 7.28. The van der Waals surface area contributed by atoms with Crippen molar-refractivity contribution in [3.8, 4) is 5.75 Å². The summed E-state index contributed by atoms with van der Waals surface area (Å²) in [5, 5.41) is 22.2. The zero-order valence-electron chi connectivity index (χ0n) is 21.2. The topological polar surface area (TPSA) is 68.2 Å². The van der Waals surface area contributed by atoms with Gasteiger partial charge in [0.25, 0.3) is 0 Å². The summed E-state index contributed by atoms with van der Waals surface area (Å²) in [6.07, 6.45) is 7.50. The van der Waals surface area contributed by atoms with Crippen LogP contribution in [-0.4, -0.2) is 48.3 Å². The van der Waals surface area contributed by atoms with E-state index in [-0.39, 0.29) is 18.6 Å². The fourth-order valence-electron chi connectivity index (χ4n) is 5.08. The van der Waals surface area contributed by atoms with Crippen LogP contribution in [0.3, 0.4) is 0 Å². The van der Waals surface area contributed by atoms with Crippen LogP contribution in [0.2, 0.25) is 0 Å². The van der Waals surface area contributed by atoms with Crippen molar-refractivity contribution in [2.24, 2.45) is 17.8 Å². The van der Waals surface area contributed by atoms with Gasteiger partial charge in [0.05, 0.1) is 38.6 Å². The molecule has 0 saturated carbocycles. The zero-order valence-corrected chi connectivity index (χ0v) is 21.2. The molecule has 1 aliphatic heterocycles. The highest BCUT2D eigenvalue weighted by atomic mass is 16.5. The molecule has 3 rings (SSSR count). The van der Waals surface area contributed by atoms with Gasteiger partial charge in [0.1, 0.15) is 11.9 Å². The van der Waals surface area contributed by atoms with E-state index in [4.69, 9.17) is 14.2 Å². The Morgan fingerprint density at radius 3 is 2.56 bits per heavy atom. The van der Waals surface area contributed by atoms with Crippen LogP contribution in [-0.2, 0) is 16.1 Å². The largest absolute Gasteiger partial charge is 0.497 e. The normalized spacial score (nSPS) is 30.1. The summed E-state index contributed by atoms with van der Waals surface area (Å²) in [7, 11) is 1.64. The lowest BCUT2D eigenvalue weighted by Crippen LogP contribution is -2.47. The molecule has 2 N–H and O–H groups in total. The lowest BCUT2D eigenvalue weighted by atomic mass is 9.68. The molecule has 188 valence electrons. The molecule has 0 aromatic heterocycles. The molecule has 0 amide bonds. The predicted molar refractivity (Wildman–Crippen MR) is 136 cm³/mol. The van der Waals surface area contributed by atoms with Gasteiger partial charge in [-0.2, -0.15) is 0 Å². The fraction of sp³-hybridized carbons (Fsp3) is 0.586. The second-order valence-electron chi connectivity index (χ2n) is 10.0. The van der Waals surface area contributed by atoms with Crippen LogP contribution in [0.5, 0.6) is 5.75 Å². The summed E-state index contributed by atoms with van der Waals surface area (Å²) in [5.41, 5.74) is 3.01. The molecule has 6 atom stereocenters. The van der Waals surface area contributed by atoms with E-state index in [0.29, 0.717) is 24.9 Å². The molecule has 1 aliphatic carbocycles. The third kappa shape index (κ3) is 6.82. The minimum atomic E-state index is -0.786. The summed E-state index contributed by atoms with van der Waals surface area (Å²) >= 11 is 0. The molecule has 1 aromatic carbocycles. The molecule has 0 radical (unpaired) electrons. The van der Waals surface area contributed by atoms with Gasteiger partial charge in [-0.1, -0.05) is 50.8 Å². The molecule has 5 heteroatoms. The molecule has 0 bridgehead atoms. The van der Waals surface area contributed by atoms with Crippen molar-refractivity contribution in [3.05, 3.63) is 65.8 Å². The number of aliphatic hydroxyl groups excluding tert-OH is 2. The summed E-state index contributed by atoms with van der Waals surface area (Å²) in [4.78, 5) is 0. The Kier molecular flexibility index (Phi) is 9.96. The van der Waals surface area contributed by atoms with Gasteiger partial charge in [0.15, 0.2) is 0 Å². The van der Waals surface area contributed by atoms with Gasteiger partial charge in [0.2, 0.25) is 0 Å². The molecule has 0 saturated heterocycles. The van der Waals surface area contributed by atoms with Gasteiger partial charge in [-0.25, -0.2) is 0 Å². The van der Waals surface area contributed by atoms with E-state index in [1.807, 2.05) is 31.2 Å². The average Bonchev–Trinajstić information content (AvgIpc) is 2.91. The number of methoxy groups -OCH3 is 1. The predicted octanol–water partition coefficient (Wildman–Crippen LogP) is 5.22. The van der Waals surface area contributed by atoms with Crippen molar-refractivity contribution >= 4 is 0 Å². The van der Waals surface area contributed by atoms with Crippen molar-refractivity contribution in [2.45, 2.75) is 77.5 Å².